The number of hydrogen-bond donors (Lipinski definition) is 2. The molecule has 0 saturated carbocycles. The Morgan fingerprint density at radius 2 is 1.88 bits per heavy atom. The Balaban J connectivity index is 0.00000338. The molecule has 6 heteroatoms. The molecule has 0 unspecified atom stereocenters. The Kier molecular flexibility index (Phi) is 8.52. The summed E-state index contributed by atoms with van der Waals surface area (Å²) in [6, 6.07) is 0.241. The van der Waals surface area contributed by atoms with Gasteiger partial charge in [-0.2, -0.15) is 13.5 Å². The first-order valence-corrected chi connectivity index (χ1v) is 9.66. The summed E-state index contributed by atoms with van der Waals surface area (Å²) < 4.78 is 0. The Labute approximate surface area is 165 Å². The smallest absolute Gasteiger partial charge is 0.166 e. The average molecular weight is 384 g/mol. The van der Waals surface area contributed by atoms with Gasteiger partial charge in [-0.25, -0.2) is 0 Å². The Morgan fingerprint density at radius 1 is 1.23 bits per heavy atom. The summed E-state index contributed by atoms with van der Waals surface area (Å²) in [4.78, 5) is 28.0. The SMILES string of the molecule is CC(C)N[C@@]1(C)CCCC=CCN2CC(C(=O)C(C)C)(C2)NCC1=O.S. The molecule has 0 aliphatic carbocycles. The summed E-state index contributed by atoms with van der Waals surface area (Å²) in [5.74, 6) is 0.337. The lowest BCUT2D eigenvalue weighted by atomic mass is 9.79. The normalized spacial score (nSPS) is 32.9. The molecule has 1 saturated heterocycles. The van der Waals surface area contributed by atoms with Crippen LogP contribution in [0.15, 0.2) is 12.2 Å². The van der Waals surface area contributed by atoms with Crippen molar-refractivity contribution in [2.45, 2.75) is 71.0 Å². The number of nitrogens with zero attached hydrogens (tertiary/aromatic N) is 1. The summed E-state index contributed by atoms with van der Waals surface area (Å²) in [6.45, 7) is 12.5. The van der Waals surface area contributed by atoms with E-state index in [1.165, 1.54) is 0 Å². The number of carbonyl (C=O) groups is 2. The molecule has 3 aliphatic heterocycles. The van der Waals surface area contributed by atoms with E-state index in [0.717, 1.165) is 25.8 Å². The van der Waals surface area contributed by atoms with Gasteiger partial charge in [0.1, 0.15) is 5.54 Å². The fraction of sp³-hybridized carbons (Fsp3) is 0.800. The molecule has 5 nitrogen and oxygen atoms in total. The van der Waals surface area contributed by atoms with Crippen molar-refractivity contribution in [2.75, 3.05) is 26.2 Å². The van der Waals surface area contributed by atoms with Crippen LogP contribution >= 0.6 is 13.5 Å². The third kappa shape index (κ3) is 5.41. The second-order valence-electron chi connectivity index (χ2n) is 8.54. The first kappa shape index (κ1) is 23.3. The molecule has 1 fully saturated rings. The molecule has 0 aromatic heterocycles. The zero-order chi connectivity index (χ0) is 18.7. The molecule has 2 bridgehead atoms. The lowest BCUT2D eigenvalue weighted by Crippen LogP contribution is -2.74. The van der Waals surface area contributed by atoms with Crippen LogP contribution < -0.4 is 10.6 Å². The maximum atomic E-state index is 13.0. The largest absolute Gasteiger partial charge is 0.303 e. The molecule has 0 spiro atoms. The molecule has 0 aromatic rings. The minimum atomic E-state index is -0.565. The number of carbonyl (C=O) groups excluding carboxylic acids is 2. The minimum Gasteiger partial charge on any atom is -0.303 e. The van der Waals surface area contributed by atoms with Crippen LogP contribution in [0, 0.1) is 5.92 Å². The molecule has 150 valence electrons. The Morgan fingerprint density at radius 3 is 2.46 bits per heavy atom. The second kappa shape index (κ2) is 9.49. The van der Waals surface area contributed by atoms with Gasteiger partial charge in [0.15, 0.2) is 11.6 Å². The number of Topliss-reactive ketones (excluding diaryl/α,β-unsaturated/α-hetero) is 2. The van der Waals surface area contributed by atoms with Crippen LogP contribution in [-0.2, 0) is 9.59 Å². The van der Waals surface area contributed by atoms with Gasteiger partial charge in [-0.05, 0) is 40.0 Å². The molecule has 0 radical (unpaired) electrons. The van der Waals surface area contributed by atoms with E-state index in [1.54, 1.807) is 0 Å². The first-order chi connectivity index (χ1) is 11.7. The van der Waals surface area contributed by atoms with Crippen molar-refractivity contribution < 1.29 is 9.59 Å². The van der Waals surface area contributed by atoms with Gasteiger partial charge in [0.2, 0.25) is 0 Å². The molecular weight excluding hydrogens is 346 g/mol. The quantitative estimate of drug-likeness (QED) is 0.728. The molecule has 26 heavy (non-hydrogen) atoms. The third-order valence-electron chi connectivity index (χ3n) is 5.37. The predicted octanol–water partition coefficient (Wildman–Crippen LogP) is 2.03. The van der Waals surface area contributed by atoms with Crippen molar-refractivity contribution >= 4 is 25.1 Å². The number of rotatable bonds is 4. The van der Waals surface area contributed by atoms with E-state index < -0.39 is 11.1 Å². The predicted molar refractivity (Wildman–Crippen MR) is 112 cm³/mol. The summed E-state index contributed by atoms with van der Waals surface area (Å²) in [6.07, 6.45) is 7.17. The molecule has 3 aliphatic rings. The van der Waals surface area contributed by atoms with E-state index in [-0.39, 0.29) is 43.6 Å². The van der Waals surface area contributed by atoms with E-state index >= 15 is 0 Å². The molecule has 3 rings (SSSR count). The molecule has 0 aromatic carbocycles. The number of fused-ring (bicyclic) bond motifs is 8. The average Bonchev–Trinajstić information content (AvgIpc) is 2.50. The summed E-state index contributed by atoms with van der Waals surface area (Å²) in [7, 11) is 0. The lowest BCUT2D eigenvalue weighted by molar-refractivity contribution is -0.136. The maximum absolute atomic E-state index is 13.0. The number of hydrogen-bond acceptors (Lipinski definition) is 5. The molecule has 3 heterocycles. The number of ketones is 2. The maximum Gasteiger partial charge on any atom is 0.166 e. The van der Waals surface area contributed by atoms with Crippen LogP contribution in [0.4, 0.5) is 0 Å². The van der Waals surface area contributed by atoms with Gasteiger partial charge in [0.05, 0.1) is 12.1 Å². The summed E-state index contributed by atoms with van der Waals surface area (Å²) >= 11 is 0. The monoisotopic (exact) mass is 383 g/mol. The van der Waals surface area contributed by atoms with Gasteiger partial charge in [-0.15, -0.1) is 0 Å². The van der Waals surface area contributed by atoms with Crippen molar-refractivity contribution in [1.82, 2.24) is 15.5 Å². The van der Waals surface area contributed by atoms with Crippen molar-refractivity contribution in [3.8, 4) is 0 Å². The van der Waals surface area contributed by atoms with E-state index in [2.05, 4.69) is 41.5 Å². The fourth-order valence-corrected chi connectivity index (χ4v) is 4.04. The molecule has 1 atom stereocenters. The second-order valence-corrected chi connectivity index (χ2v) is 8.54. The van der Waals surface area contributed by atoms with Crippen molar-refractivity contribution in [3.63, 3.8) is 0 Å². The Hall–Kier alpha value is -0.690. The minimum absolute atomic E-state index is 0. The highest BCUT2D eigenvalue weighted by molar-refractivity contribution is 7.59. The summed E-state index contributed by atoms with van der Waals surface area (Å²) in [5, 5.41) is 6.81. The van der Waals surface area contributed by atoms with Crippen LogP contribution in [0.25, 0.3) is 0 Å². The van der Waals surface area contributed by atoms with Crippen LogP contribution in [-0.4, -0.2) is 59.8 Å². The van der Waals surface area contributed by atoms with Gasteiger partial charge >= 0.3 is 0 Å². The van der Waals surface area contributed by atoms with Crippen molar-refractivity contribution in [3.05, 3.63) is 12.2 Å². The van der Waals surface area contributed by atoms with E-state index in [4.69, 9.17) is 0 Å². The number of nitrogens with one attached hydrogen (secondary N) is 2. The van der Waals surface area contributed by atoms with Gasteiger partial charge < -0.3 is 5.32 Å². The van der Waals surface area contributed by atoms with Crippen molar-refractivity contribution in [2.24, 2.45) is 5.92 Å². The van der Waals surface area contributed by atoms with E-state index in [9.17, 15) is 9.59 Å². The van der Waals surface area contributed by atoms with Crippen molar-refractivity contribution in [1.29, 1.82) is 0 Å². The van der Waals surface area contributed by atoms with Crippen LogP contribution in [0.1, 0.15) is 53.9 Å². The van der Waals surface area contributed by atoms with Crippen LogP contribution in [0.5, 0.6) is 0 Å². The van der Waals surface area contributed by atoms with Crippen LogP contribution in [0.2, 0.25) is 0 Å². The highest BCUT2D eigenvalue weighted by atomic mass is 32.1. The van der Waals surface area contributed by atoms with Crippen LogP contribution in [0.3, 0.4) is 0 Å². The summed E-state index contributed by atoms with van der Waals surface area (Å²) in [5.41, 5.74) is -1.11. The van der Waals surface area contributed by atoms with Gasteiger partial charge in [-0.1, -0.05) is 26.0 Å². The zero-order valence-electron chi connectivity index (χ0n) is 17.0. The highest BCUT2D eigenvalue weighted by Crippen LogP contribution is 2.26. The fourth-order valence-electron chi connectivity index (χ4n) is 4.04. The lowest BCUT2D eigenvalue weighted by Gasteiger charge is -2.50. The topological polar surface area (TPSA) is 61.4 Å². The van der Waals surface area contributed by atoms with Gasteiger partial charge in [-0.3, -0.25) is 19.8 Å². The third-order valence-corrected chi connectivity index (χ3v) is 5.37. The molecular formula is C20H37N3O2S. The molecule has 0 amide bonds. The molecule has 2 N–H and O–H groups in total. The van der Waals surface area contributed by atoms with Gasteiger partial charge in [0, 0.05) is 31.6 Å². The zero-order valence-corrected chi connectivity index (χ0v) is 18.0. The van der Waals surface area contributed by atoms with E-state index in [1.807, 2.05) is 20.8 Å². The number of allylic oxidation sites excluding steroid dienone is 1. The first-order valence-electron chi connectivity index (χ1n) is 9.66. The Bertz CT molecular complexity index is 527. The van der Waals surface area contributed by atoms with E-state index in [0.29, 0.717) is 13.1 Å². The van der Waals surface area contributed by atoms with Gasteiger partial charge in [0.25, 0.3) is 0 Å². The standard InChI is InChI=1S/C20H35N3O2.H2S/c1-15(2)18(25)20-13-23(14-20)11-9-7-6-8-10-19(5,22-16(3)4)17(24)12-21-20;/h7,9,15-16,21-22H,6,8,10-14H2,1-5H3;1H2/t19-;/m0./s1. The highest BCUT2D eigenvalue weighted by Gasteiger charge is 2.49.